The van der Waals surface area contributed by atoms with Gasteiger partial charge in [-0.25, -0.2) is 0 Å². The van der Waals surface area contributed by atoms with E-state index >= 15 is 0 Å². The first-order chi connectivity index (χ1) is 19.9. The lowest BCUT2D eigenvalue weighted by Gasteiger charge is -2.35. The summed E-state index contributed by atoms with van der Waals surface area (Å²) in [5.41, 5.74) is 1.70. The van der Waals surface area contributed by atoms with Crippen LogP contribution in [0, 0.1) is 11.8 Å². The van der Waals surface area contributed by atoms with Crippen LogP contribution in [-0.4, -0.2) is 56.4 Å². The van der Waals surface area contributed by atoms with Gasteiger partial charge in [-0.3, -0.25) is 14.4 Å². The summed E-state index contributed by atoms with van der Waals surface area (Å²) in [7, 11) is 0. The molecule has 0 saturated carbocycles. The highest BCUT2D eigenvalue weighted by atomic mass is 32.2. The van der Waals surface area contributed by atoms with E-state index in [4.69, 9.17) is 0 Å². The summed E-state index contributed by atoms with van der Waals surface area (Å²) in [6.07, 6.45) is 3.62. The number of amides is 3. The number of thioether (sulfide) groups is 1. The maximum absolute atomic E-state index is 14.2. The minimum Gasteiger partial charge on any atom is -0.396 e. The lowest BCUT2D eigenvalue weighted by Crippen LogP contribution is -2.52. The number of unbranched alkanes of at least 4 members (excludes halogenated alkanes) is 2. The van der Waals surface area contributed by atoms with Gasteiger partial charge >= 0.3 is 0 Å². The quantitative estimate of drug-likeness (QED) is 0.306. The fraction of sp³-hybridized carbons (Fsp3) is 0.424. The van der Waals surface area contributed by atoms with Crippen molar-refractivity contribution in [3.05, 3.63) is 78.4 Å². The molecule has 6 rings (SSSR count). The lowest BCUT2D eigenvalue weighted by atomic mass is 9.66. The zero-order chi connectivity index (χ0) is 28.6. The van der Waals surface area contributed by atoms with E-state index < -0.39 is 27.4 Å². The molecule has 3 aromatic carbocycles. The Morgan fingerprint density at radius 3 is 2.49 bits per heavy atom. The predicted octanol–water partition coefficient (Wildman–Crippen LogP) is 4.74. The Labute approximate surface area is 245 Å². The number of nitrogens with zero attached hydrogens (tertiary/aromatic N) is 1. The molecule has 3 aliphatic heterocycles. The van der Waals surface area contributed by atoms with Crippen molar-refractivity contribution in [3.8, 4) is 0 Å². The van der Waals surface area contributed by atoms with Gasteiger partial charge in [0.25, 0.3) is 0 Å². The Morgan fingerprint density at radius 1 is 0.951 bits per heavy atom. The molecule has 3 fully saturated rings. The number of hydrogen-bond donors (Lipinski definition) is 3. The number of anilines is 1. The zero-order valence-electron chi connectivity index (χ0n) is 23.3. The summed E-state index contributed by atoms with van der Waals surface area (Å²) in [5, 5.41) is 17.6. The van der Waals surface area contributed by atoms with E-state index in [1.165, 1.54) is 0 Å². The summed E-state index contributed by atoms with van der Waals surface area (Å²) < 4.78 is -1.07. The third-order valence-electron chi connectivity index (χ3n) is 9.19. The smallest absolute Gasteiger partial charge is 0.248 e. The van der Waals surface area contributed by atoms with Crippen LogP contribution in [0.3, 0.4) is 0 Å². The zero-order valence-corrected chi connectivity index (χ0v) is 24.2. The van der Waals surface area contributed by atoms with Crippen molar-refractivity contribution in [2.75, 3.05) is 18.5 Å². The molecule has 3 N–H and O–H groups in total. The van der Waals surface area contributed by atoms with Gasteiger partial charge in [0.2, 0.25) is 17.7 Å². The van der Waals surface area contributed by atoms with E-state index in [1.54, 1.807) is 16.7 Å². The first kappa shape index (κ1) is 27.8. The standard InChI is InChI=1S/C33H37N3O4S/c1-32-16-17-33(41-32)27(26(32)29(38)34-21-22-10-4-2-5-11-22)31(40)36(18-8-3-9-19-37)28(33)30(39)35-25-15-14-23-12-6-7-13-24(23)20-25/h2,4-7,10-15,20,26-28,37H,3,8-9,16-19,21H2,1H3,(H,34,38)(H,35,39)/t26-,27-,28?,32+,33?/m0/s1. The van der Waals surface area contributed by atoms with Gasteiger partial charge < -0.3 is 20.6 Å². The highest BCUT2D eigenvalue weighted by molar-refractivity contribution is 8.02. The van der Waals surface area contributed by atoms with Crippen molar-refractivity contribution in [1.29, 1.82) is 0 Å². The highest BCUT2D eigenvalue weighted by Crippen LogP contribution is 2.71. The summed E-state index contributed by atoms with van der Waals surface area (Å²) >= 11 is 1.69. The van der Waals surface area contributed by atoms with Crippen molar-refractivity contribution < 1.29 is 19.5 Å². The second-order valence-electron chi connectivity index (χ2n) is 11.8. The Hall–Kier alpha value is -3.36. The molecule has 214 valence electrons. The van der Waals surface area contributed by atoms with E-state index in [0.717, 1.165) is 35.6 Å². The Kier molecular flexibility index (Phi) is 7.55. The molecule has 3 saturated heterocycles. The number of hydrogen-bond acceptors (Lipinski definition) is 5. The number of benzene rings is 3. The highest BCUT2D eigenvalue weighted by Gasteiger charge is 2.77. The molecule has 2 bridgehead atoms. The topological polar surface area (TPSA) is 98.7 Å². The van der Waals surface area contributed by atoms with Gasteiger partial charge in [-0.05, 0) is 67.5 Å². The first-order valence-corrected chi connectivity index (χ1v) is 15.4. The van der Waals surface area contributed by atoms with Gasteiger partial charge in [-0.2, -0.15) is 0 Å². The summed E-state index contributed by atoms with van der Waals surface area (Å²) in [6.45, 7) is 3.03. The summed E-state index contributed by atoms with van der Waals surface area (Å²) in [5.74, 6) is -1.45. The molecule has 0 aliphatic carbocycles. The number of carbonyl (C=O) groups is 3. The second kappa shape index (κ2) is 11.1. The monoisotopic (exact) mass is 571 g/mol. The van der Waals surface area contributed by atoms with Gasteiger partial charge in [0.1, 0.15) is 6.04 Å². The van der Waals surface area contributed by atoms with E-state index in [1.807, 2.05) is 72.8 Å². The molecule has 2 unspecified atom stereocenters. The van der Waals surface area contributed by atoms with E-state index in [2.05, 4.69) is 17.6 Å². The van der Waals surface area contributed by atoms with E-state index in [-0.39, 0.29) is 24.3 Å². The molecule has 0 aromatic heterocycles. The largest absolute Gasteiger partial charge is 0.396 e. The maximum Gasteiger partial charge on any atom is 0.248 e. The number of nitrogens with one attached hydrogen (secondary N) is 2. The van der Waals surface area contributed by atoms with Crippen LogP contribution in [0.25, 0.3) is 10.8 Å². The molecular formula is C33H37N3O4S. The number of likely N-dealkylation sites (tertiary alicyclic amines) is 1. The molecule has 8 heteroatoms. The molecule has 41 heavy (non-hydrogen) atoms. The fourth-order valence-corrected chi connectivity index (χ4v) is 9.67. The van der Waals surface area contributed by atoms with E-state index in [0.29, 0.717) is 31.6 Å². The van der Waals surface area contributed by atoms with Crippen LogP contribution < -0.4 is 10.6 Å². The molecule has 3 aliphatic rings. The number of aliphatic hydroxyl groups excluding tert-OH is 1. The normalized spacial score (nSPS) is 28.2. The van der Waals surface area contributed by atoms with Crippen molar-refractivity contribution in [2.24, 2.45) is 11.8 Å². The number of carbonyl (C=O) groups excluding carboxylic acids is 3. The van der Waals surface area contributed by atoms with Crippen LogP contribution in [0.2, 0.25) is 0 Å². The van der Waals surface area contributed by atoms with Gasteiger partial charge in [0.15, 0.2) is 0 Å². The Balaban J connectivity index is 1.29. The van der Waals surface area contributed by atoms with Crippen molar-refractivity contribution in [3.63, 3.8) is 0 Å². The van der Waals surface area contributed by atoms with Crippen molar-refractivity contribution in [1.82, 2.24) is 10.2 Å². The van der Waals surface area contributed by atoms with Crippen LogP contribution >= 0.6 is 11.8 Å². The molecule has 5 atom stereocenters. The van der Waals surface area contributed by atoms with Crippen LogP contribution in [-0.2, 0) is 20.9 Å². The molecule has 1 spiro atoms. The summed E-state index contributed by atoms with van der Waals surface area (Å²) in [4.78, 5) is 43.9. The lowest BCUT2D eigenvalue weighted by molar-refractivity contribution is -0.140. The third-order valence-corrected chi connectivity index (χ3v) is 11.2. The number of fused-ring (bicyclic) bond motifs is 2. The first-order valence-electron chi connectivity index (χ1n) is 14.6. The van der Waals surface area contributed by atoms with Gasteiger partial charge in [0, 0.05) is 30.1 Å². The SMILES string of the molecule is C[C@]12CCC3(S1)C(C(=O)Nc1ccc4ccccc4c1)N(CCCCCO)C(=O)[C@@H]3[C@H]2C(=O)NCc1ccccc1. The molecule has 7 nitrogen and oxygen atoms in total. The third kappa shape index (κ3) is 4.91. The minimum atomic E-state index is -0.667. The fourth-order valence-electron chi connectivity index (χ4n) is 7.31. The number of rotatable bonds is 10. The van der Waals surface area contributed by atoms with Crippen LogP contribution in [0.4, 0.5) is 5.69 Å². The Bertz CT molecular complexity index is 1470. The molecule has 3 heterocycles. The van der Waals surface area contributed by atoms with Gasteiger partial charge in [-0.1, -0.05) is 60.7 Å². The average Bonchev–Trinajstić information content (AvgIpc) is 3.55. The van der Waals surface area contributed by atoms with Crippen molar-refractivity contribution >= 4 is 45.9 Å². The molecule has 0 radical (unpaired) electrons. The number of aliphatic hydroxyl groups is 1. The molecular weight excluding hydrogens is 534 g/mol. The second-order valence-corrected chi connectivity index (χ2v) is 13.7. The maximum atomic E-state index is 14.2. The van der Waals surface area contributed by atoms with Gasteiger partial charge in [-0.15, -0.1) is 11.8 Å². The molecule has 3 aromatic rings. The molecule has 3 amide bonds. The Morgan fingerprint density at radius 2 is 1.71 bits per heavy atom. The van der Waals surface area contributed by atoms with Crippen LogP contribution in [0.1, 0.15) is 44.6 Å². The van der Waals surface area contributed by atoms with Crippen LogP contribution in [0.5, 0.6) is 0 Å². The minimum absolute atomic E-state index is 0.0940. The average molecular weight is 572 g/mol. The van der Waals surface area contributed by atoms with Crippen LogP contribution in [0.15, 0.2) is 72.8 Å². The predicted molar refractivity (Wildman–Crippen MR) is 162 cm³/mol. The summed E-state index contributed by atoms with van der Waals surface area (Å²) in [6, 6.07) is 23.0. The van der Waals surface area contributed by atoms with Crippen molar-refractivity contribution in [2.45, 2.75) is 61.1 Å². The van der Waals surface area contributed by atoms with E-state index in [9.17, 15) is 19.5 Å². The van der Waals surface area contributed by atoms with Gasteiger partial charge in [0.05, 0.1) is 16.6 Å².